The molecule has 0 aromatic rings. The van der Waals surface area contributed by atoms with E-state index in [1.807, 2.05) is 0 Å². The molecule has 0 spiro atoms. The first kappa shape index (κ1) is 8.64. The van der Waals surface area contributed by atoms with Gasteiger partial charge in [0, 0.05) is 0 Å². The van der Waals surface area contributed by atoms with E-state index in [2.05, 4.69) is 4.74 Å². The van der Waals surface area contributed by atoms with E-state index in [-0.39, 0.29) is 0 Å². The van der Waals surface area contributed by atoms with Gasteiger partial charge < -0.3 is 4.74 Å². The molecular weight excluding hydrogens is 160 g/mol. The van der Waals surface area contributed by atoms with Gasteiger partial charge in [0.25, 0.3) is 0 Å². The zero-order valence-corrected chi connectivity index (χ0v) is 6.79. The first-order valence-corrected chi connectivity index (χ1v) is 3.42. The summed E-state index contributed by atoms with van der Waals surface area (Å²) in [5.41, 5.74) is 0.315. The van der Waals surface area contributed by atoms with Crippen LogP contribution in [0.3, 0.4) is 0 Å². The van der Waals surface area contributed by atoms with Crippen molar-refractivity contribution < 1.29 is 19.1 Å². The van der Waals surface area contributed by atoms with E-state index < -0.39 is 23.5 Å². The van der Waals surface area contributed by atoms with Crippen LogP contribution in [-0.2, 0) is 19.1 Å². The summed E-state index contributed by atoms with van der Waals surface area (Å²) in [6, 6.07) is 0. The molecule has 0 heterocycles. The number of ether oxygens (including phenoxy) is 1. The Balaban J connectivity index is 2.91. The van der Waals surface area contributed by atoms with Crippen LogP contribution in [-0.4, -0.2) is 24.6 Å². The van der Waals surface area contributed by atoms with Crippen molar-refractivity contribution in [1.82, 2.24) is 0 Å². The van der Waals surface area contributed by atoms with Crippen molar-refractivity contribution in [2.24, 2.45) is 5.92 Å². The number of methoxy groups -OCH3 is 1. The second-order valence-electron chi connectivity index (χ2n) is 2.55. The maximum atomic E-state index is 11.1. The molecule has 4 nitrogen and oxygen atoms in total. The second kappa shape index (κ2) is 2.89. The summed E-state index contributed by atoms with van der Waals surface area (Å²) >= 11 is 0. The summed E-state index contributed by atoms with van der Waals surface area (Å²) < 4.78 is 4.31. The van der Waals surface area contributed by atoms with Gasteiger partial charge in [0.2, 0.25) is 0 Å². The zero-order valence-electron chi connectivity index (χ0n) is 6.79. The molecule has 0 saturated heterocycles. The van der Waals surface area contributed by atoms with Gasteiger partial charge in [-0.25, -0.2) is 0 Å². The highest BCUT2D eigenvalue weighted by atomic mass is 16.5. The van der Waals surface area contributed by atoms with Crippen molar-refractivity contribution in [3.05, 3.63) is 11.6 Å². The minimum Gasteiger partial charge on any atom is -0.468 e. The zero-order chi connectivity index (χ0) is 9.30. The molecule has 0 unspecified atom stereocenters. The fourth-order valence-corrected chi connectivity index (χ4v) is 1.07. The molecule has 64 valence electrons. The molecule has 1 atom stereocenters. The van der Waals surface area contributed by atoms with Gasteiger partial charge in [0.15, 0.2) is 17.5 Å². The minimum absolute atomic E-state index is 0.315. The second-order valence-corrected chi connectivity index (χ2v) is 2.55. The highest BCUT2D eigenvalue weighted by Gasteiger charge is 2.38. The number of carbonyl (C=O) groups excluding carboxylic acids is 3. The van der Waals surface area contributed by atoms with Gasteiger partial charge in [-0.1, -0.05) is 0 Å². The number of Topliss-reactive ketones (excluding diaryl/α,β-unsaturated/α-hetero) is 1. The van der Waals surface area contributed by atoms with Crippen LogP contribution in [0.25, 0.3) is 0 Å². The van der Waals surface area contributed by atoms with E-state index in [0.29, 0.717) is 5.57 Å². The molecule has 0 bridgehead atoms. The smallest absolute Gasteiger partial charge is 0.324 e. The number of allylic oxidation sites excluding steroid dienone is 2. The first-order chi connectivity index (χ1) is 5.57. The molecule has 0 N–H and O–H groups in total. The predicted octanol–water partition coefficient (Wildman–Crippen LogP) is -0.126. The first-order valence-electron chi connectivity index (χ1n) is 3.42. The highest BCUT2D eigenvalue weighted by molar-refractivity contribution is 6.30. The molecule has 0 radical (unpaired) electrons. The lowest BCUT2D eigenvalue weighted by Crippen LogP contribution is -2.27. The normalized spacial score (nSPS) is 22.5. The molecule has 4 heteroatoms. The van der Waals surface area contributed by atoms with Crippen LogP contribution in [0.2, 0.25) is 0 Å². The molecule has 1 rings (SSSR count). The summed E-state index contributed by atoms with van der Waals surface area (Å²) in [4.78, 5) is 33.0. The SMILES string of the molecule is COC(=O)[C@H]1C(=O)C=C(C)C1=O. The van der Waals surface area contributed by atoms with Gasteiger partial charge in [0.05, 0.1) is 7.11 Å². The third-order valence-electron chi connectivity index (χ3n) is 1.73. The van der Waals surface area contributed by atoms with Crippen molar-refractivity contribution in [3.63, 3.8) is 0 Å². The number of hydrogen-bond acceptors (Lipinski definition) is 4. The summed E-state index contributed by atoms with van der Waals surface area (Å²) in [6.07, 6.45) is 1.17. The molecule has 0 amide bonds. The Morgan fingerprint density at radius 3 is 2.42 bits per heavy atom. The highest BCUT2D eigenvalue weighted by Crippen LogP contribution is 2.18. The van der Waals surface area contributed by atoms with Crippen LogP contribution in [0.4, 0.5) is 0 Å². The topological polar surface area (TPSA) is 60.4 Å². The van der Waals surface area contributed by atoms with Crippen LogP contribution < -0.4 is 0 Å². The Hall–Kier alpha value is -1.45. The predicted molar refractivity (Wildman–Crippen MR) is 39.3 cm³/mol. The number of esters is 1. The molecule has 0 aliphatic heterocycles. The molecular formula is C8H8O4. The van der Waals surface area contributed by atoms with Gasteiger partial charge >= 0.3 is 5.97 Å². The largest absolute Gasteiger partial charge is 0.468 e. The molecule has 1 aliphatic carbocycles. The van der Waals surface area contributed by atoms with Crippen molar-refractivity contribution >= 4 is 17.5 Å². The van der Waals surface area contributed by atoms with Crippen LogP contribution in [0.1, 0.15) is 6.92 Å². The van der Waals surface area contributed by atoms with Gasteiger partial charge in [0.1, 0.15) is 0 Å². The van der Waals surface area contributed by atoms with Crippen molar-refractivity contribution in [2.75, 3.05) is 7.11 Å². The summed E-state index contributed by atoms with van der Waals surface area (Å²) in [7, 11) is 1.15. The van der Waals surface area contributed by atoms with E-state index in [9.17, 15) is 14.4 Å². The fraction of sp³-hybridized carbons (Fsp3) is 0.375. The molecule has 0 saturated carbocycles. The maximum absolute atomic E-state index is 11.1. The number of rotatable bonds is 1. The van der Waals surface area contributed by atoms with Crippen LogP contribution >= 0.6 is 0 Å². The van der Waals surface area contributed by atoms with E-state index in [1.165, 1.54) is 13.0 Å². The Morgan fingerprint density at radius 1 is 1.50 bits per heavy atom. The summed E-state index contributed by atoms with van der Waals surface area (Å²) in [5, 5.41) is 0. The summed E-state index contributed by atoms with van der Waals surface area (Å²) in [6.45, 7) is 1.50. The maximum Gasteiger partial charge on any atom is 0.324 e. The van der Waals surface area contributed by atoms with Gasteiger partial charge in [-0.3, -0.25) is 14.4 Å². The fourth-order valence-electron chi connectivity index (χ4n) is 1.07. The average Bonchev–Trinajstić information content (AvgIpc) is 2.26. The van der Waals surface area contributed by atoms with E-state index >= 15 is 0 Å². The standard InChI is InChI=1S/C8H8O4/c1-4-3-5(9)6(7(4)10)8(11)12-2/h3,6H,1-2H3/t6-/m0/s1. The van der Waals surface area contributed by atoms with Crippen molar-refractivity contribution in [2.45, 2.75) is 6.92 Å². The van der Waals surface area contributed by atoms with Crippen molar-refractivity contribution in [1.29, 1.82) is 0 Å². The number of hydrogen-bond donors (Lipinski definition) is 0. The summed E-state index contributed by atoms with van der Waals surface area (Å²) in [5.74, 6) is -2.95. The van der Waals surface area contributed by atoms with Crippen LogP contribution in [0.5, 0.6) is 0 Å². The van der Waals surface area contributed by atoms with Crippen LogP contribution in [0.15, 0.2) is 11.6 Å². The Bertz CT molecular complexity index is 287. The molecule has 0 aromatic carbocycles. The molecule has 0 aromatic heterocycles. The lowest BCUT2D eigenvalue weighted by atomic mass is 10.0. The Morgan fingerprint density at radius 2 is 2.08 bits per heavy atom. The van der Waals surface area contributed by atoms with Crippen LogP contribution in [0, 0.1) is 5.92 Å². The van der Waals surface area contributed by atoms with Gasteiger partial charge in [-0.05, 0) is 18.6 Å². The van der Waals surface area contributed by atoms with E-state index in [1.54, 1.807) is 0 Å². The third-order valence-corrected chi connectivity index (χ3v) is 1.73. The molecule has 1 aliphatic rings. The lowest BCUT2D eigenvalue weighted by Gasteiger charge is -2.03. The molecule has 12 heavy (non-hydrogen) atoms. The third kappa shape index (κ3) is 1.15. The molecule has 0 fully saturated rings. The van der Waals surface area contributed by atoms with E-state index in [0.717, 1.165) is 7.11 Å². The number of ketones is 2. The Kier molecular flexibility index (Phi) is 2.08. The van der Waals surface area contributed by atoms with Gasteiger partial charge in [-0.15, -0.1) is 0 Å². The van der Waals surface area contributed by atoms with Gasteiger partial charge in [-0.2, -0.15) is 0 Å². The Labute approximate surface area is 69.2 Å². The quantitative estimate of drug-likeness (QED) is 0.404. The number of carbonyl (C=O) groups is 3. The average molecular weight is 168 g/mol. The van der Waals surface area contributed by atoms with Crippen molar-refractivity contribution in [3.8, 4) is 0 Å². The lowest BCUT2D eigenvalue weighted by molar-refractivity contribution is -0.150. The van der Waals surface area contributed by atoms with E-state index in [4.69, 9.17) is 0 Å². The minimum atomic E-state index is -1.24. The monoisotopic (exact) mass is 168 g/mol.